The smallest absolute Gasteiger partial charge is 0.251 e. The molecular weight excluding hydrogens is 338 g/mol. The molecule has 136 valence electrons. The van der Waals surface area contributed by atoms with Crippen LogP contribution < -0.4 is 10.6 Å². The Kier molecular flexibility index (Phi) is 5.94. The lowest BCUT2D eigenvalue weighted by atomic mass is 10.0. The third-order valence-corrected chi connectivity index (χ3v) is 4.18. The van der Waals surface area contributed by atoms with Crippen molar-refractivity contribution in [3.8, 4) is 0 Å². The van der Waals surface area contributed by atoms with Gasteiger partial charge in [0.1, 0.15) is 6.04 Å². The molecule has 5 heteroatoms. The van der Waals surface area contributed by atoms with Gasteiger partial charge in [0.15, 0.2) is 0 Å². The highest BCUT2D eigenvalue weighted by Gasteiger charge is 2.22. The summed E-state index contributed by atoms with van der Waals surface area (Å²) >= 11 is 0. The van der Waals surface area contributed by atoms with E-state index in [1.165, 1.54) is 0 Å². The fourth-order valence-corrected chi connectivity index (χ4v) is 2.72. The Morgan fingerprint density at radius 1 is 0.815 bits per heavy atom. The zero-order chi connectivity index (χ0) is 19.1. The van der Waals surface area contributed by atoms with E-state index >= 15 is 0 Å². The molecule has 0 radical (unpaired) electrons. The topological polar surface area (TPSA) is 71.1 Å². The molecule has 2 N–H and O–H groups in total. The maximum atomic E-state index is 12.7. The summed E-state index contributed by atoms with van der Waals surface area (Å²) in [5.74, 6) is -0.564. The molecule has 0 fully saturated rings. The maximum absolute atomic E-state index is 12.7. The van der Waals surface area contributed by atoms with Crippen molar-refractivity contribution >= 4 is 11.8 Å². The lowest BCUT2D eigenvalue weighted by Crippen LogP contribution is -2.46. The normalized spacial score (nSPS) is 12.6. The molecule has 27 heavy (non-hydrogen) atoms. The molecule has 3 rings (SSSR count). The minimum absolute atomic E-state index is 0.279. The Bertz CT molecular complexity index is 844. The second-order valence-electron chi connectivity index (χ2n) is 6.17. The molecule has 0 saturated carbocycles. The van der Waals surface area contributed by atoms with Crippen LogP contribution in [0.4, 0.5) is 0 Å². The SMILES string of the molecule is CC(NC(=O)c1ccccc1)C(=O)NC(c1ccccc1)c1ccccn1. The molecule has 2 unspecified atom stereocenters. The Labute approximate surface area is 158 Å². The Morgan fingerprint density at radius 3 is 2.07 bits per heavy atom. The van der Waals surface area contributed by atoms with Crippen LogP contribution in [-0.4, -0.2) is 22.8 Å². The highest BCUT2D eigenvalue weighted by Crippen LogP contribution is 2.20. The average Bonchev–Trinajstić information content (AvgIpc) is 2.73. The molecule has 5 nitrogen and oxygen atoms in total. The zero-order valence-electron chi connectivity index (χ0n) is 15.0. The van der Waals surface area contributed by atoms with Crippen LogP contribution in [0.25, 0.3) is 0 Å². The monoisotopic (exact) mass is 359 g/mol. The van der Waals surface area contributed by atoms with Crippen molar-refractivity contribution in [1.29, 1.82) is 0 Å². The first-order valence-corrected chi connectivity index (χ1v) is 8.77. The minimum atomic E-state index is -0.687. The third-order valence-electron chi connectivity index (χ3n) is 4.18. The van der Waals surface area contributed by atoms with Crippen molar-refractivity contribution in [2.75, 3.05) is 0 Å². The van der Waals surface area contributed by atoms with Gasteiger partial charge in [-0.1, -0.05) is 54.6 Å². The standard InChI is InChI=1S/C22H21N3O2/c1-16(24-22(27)18-12-6-3-7-13-18)21(26)25-20(17-10-4-2-5-11-17)19-14-8-9-15-23-19/h2-16,20H,1H3,(H,24,27)(H,25,26). The number of nitrogens with one attached hydrogen (secondary N) is 2. The van der Waals surface area contributed by atoms with Crippen LogP contribution in [0, 0.1) is 0 Å². The van der Waals surface area contributed by atoms with Gasteiger partial charge in [-0.2, -0.15) is 0 Å². The number of pyridine rings is 1. The summed E-state index contributed by atoms with van der Waals surface area (Å²) in [5.41, 5.74) is 2.17. The quantitative estimate of drug-likeness (QED) is 0.710. The summed E-state index contributed by atoms with van der Waals surface area (Å²) in [4.78, 5) is 29.4. The van der Waals surface area contributed by atoms with Crippen molar-refractivity contribution in [3.63, 3.8) is 0 Å². The van der Waals surface area contributed by atoms with Crippen LogP contribution in [0.1, 0.15) is 34.6 Å². The Hall–Kier alpha value is -3.47. The number of carbonyl (C=O) groups excluding carboxylic acids is 2. The number of carbonyl (C=O) groups is 2. The van der Waals surface area contributed by atoms with E-state index in [1.807, 2.05) is 54.6 Å². The third kappa shape index (κ3) is 4.79. The molecule has 1 aromatic heterocycles. The van der Waals surface area contributed by atoms with Gasteiger partial charge in [0.2, 0.25) is 5.91 Å². The fourth-order valence-electron chi connectivity index (χ4n) is 2.72. The predicted octanol–water partition coefficient (Wildman–Crippen LogP) is 3.11. The first-order chi connectivity index (χ1) is 13.1. The number of rotatable bonds is 6. The summed E-state index contributed by atoms with van der Waals surface area (Å²) in [7, 11) is 0. The van der Waals surface area contributed by atoms with Gasteiger partial charge in [0, 0.05) is 11.8 Å². The lowest BCUT2D eigenvalue weighted by molar-refractivity contribution is -0.123. The van der Waals surface area contributed by atoms with E-state index in [0.717, 1.165) is 11.3 Å². The molecule has 0 aliphatic rings. The number of hydrogen-bond acceptors (Lipinski definition) is 3. The van der Waals surface area contributed by atoms with Crippen molar-refractivity contribution < 1.29 is 9.59 Å². The van der Waals surface area contributed by atoms with Crippen molar-refractivity contribution in [2.24, 2.45) is 0 Å². The maximum Gasteiger partial charge on any atom is 0.251 e. The predicted molar refractivity (Wildman–Crippen MR) is 104 cm³/mol. The van der Waals surface area contributed by atoms with Gasteiger partial charge in [0.05, 0.1) is 11.7 Å². The molecule has 0 bridgehead atoms. The van der Waals surface area contributed by atoms with Crippen LogP contribution in [0.15, 0.2) is 85.1 Å². The van der Waals surface area contributed by atoms with E-state index in [1.54, 1.807) is 37.4 Å². The van der Waals surface area contributed by atoms with Crippen molar-refractivity contribution in [3.05, 3.63) is 102 Å². The largest absolute Gasteiger partial charge is 0.342 e. The molecular formula is C22H21N3O2. The van der Waals surface area contributed by atoms with Gasteiger partial charge in [-0.3, -0.25) is 14.6 Å². The molecule has 1 heterocycles. The summed E-state index contributed by atoms with van der Waals surface area (Å²) < 4.78 is 0. The Balaban J connectivity index is 1.73. The highest BCUT2D eigenvalue weighted by atomic mass is 16.2. The van der Waals surface area contributed by atoms with Crippen LogP contribution >= 0.6 is 0 Å². The molecule has 0 aliphatic heterocycles. The zero-order valence-corrected chi connectivity index (χ0v) is 15.0. The van der Waals surface area contributed by atoms with E-state index in [4.69, 9.17) is 0 Å². The number of benzene rings is 2. The van der Waals surface area contributed by atoms with Crippen LogP contribution in [0.5, 0.6) is 0 Å². The van der Waals surface area contributed by atoms with Gasteiger partial charge in [-0.05, 0) is 36.8 Å². The summed E-state index contributed by atoms with van der Waals surface area (Å²) in [6, 6.07) is 22.9. The van der Waals surface area contributed by atoms with Crippen LogP contribution in [0.2, 0.25) is 0 Å². The number of nitrogens with zero attached hydrogens (tertiary/aromatic N) is 1. The second kappa shape index (κ2) is 8.76. The van der Waals surface area contributed by atoms with E-state index in [2.05, 4.69) is 15.6 Å². The minimum Gasteiger partial charge on any atom is -0.342 e. The lowest BCUT2D eigenvalue weighted by Gasteiger charge is -2.22. The highest BCUT2D eigenvalue weighted by molar-refractivity contribution is 5.97. The summed E-state index contributed by atoms with van der Waals surface area (Å²) in [6.07, 6.45) is 1.69. The van der Waals surface area contributed by atoms with Crippen molar-refractivity contribution in [1.82, 2.24) is 15.6 Å². The fraction of sp³-hybridized carbons (Fsp3) is 0.136. The van der Waals surface area contributed by atoms with Crippen LogP contribution in [-0.2, 0) is 4.79 Å². The Morgan fingerprint density at radius 2 is 1.44 bits per heavy atom. The summed E-state index contributed by atoms with van der Waals surface area (Å²) in [6.45, 7) is 1.66. The van der Waals surface area contributed by atoms with Gasteiger partial charge in [-0.15, -0.1) is 0 Å². The van der Waals surface area contributed by atoms with Crippen molar-refractivity contribution in [2.45, 2.75) is 19.0 Å². The number of hydrogen-bond donors (Lipinski definition) is 2. The van der Waals surface area contributed by atoms with Gasteiger partial charge in [0.25, 0.3) is 5.91 Å². The van der Waals surface area contributed by atoms with Gasteiger partial charge in [-0.25, -0.2) is 0 Å². The van der Waals surface area contributed by atoms with Crippen LogP contribution in [0.3, 0.4) is 0 Å². The van der Waals surface area contributed by atoms with Gasteiger partial charge < -0.3 is 10.6 Å². The first kappa shape index (κ1) is 18.3. The second-order valence-corrected chi connectivity index (χ2v) is 6.17. The molecule has 2 atom stereocenters. The van der Waals surface area contributed by atoms with Gasteiger partial charge >= 0.3 is 0 Å². The molecule has 2 aromatic carbocycles. The molecule has 0 spiro atoms. The first-order valence-electron chi connectivity index (χ1n) is 8.77. The molecule has 3 aromatic rings. The number of amides is 2. The van der Waals surface area contributed by atoms with E-state index in [-0.39, 0.29) is 11.8 Å². The molecule has 0 saturated heterocycles. The molecule has 2 amide bonds. The van der Waals surface area contributed by atoms with E-state index < -0.39 is 12.1 Å². The average molecular weight is 359 g/mol. The number of aromatic nitrogens is 1. The van der Waals surface area contributed by atoms with E-state index in [9.17, 15) is 9.59 Å². The summed E-state index contributed by atoms with van der Waals surface area (Å²) in [5, 5.41) is 5.72. The molecule has 0 aliphatic carbocycles. The van der Waals surface area contributed by atoms with E-state index in [0.29, 0.717) is 5.56 Å².